The molecule has 0 radical (unpaired) electrons. The van der Waals surface area contributed by atoms with Crippen LogP contribution in [0.5, 0.6) is 5.75 Å². The van der Waals surface area contributed by atoms with Gasteiger partial charge in [-0.3, -0.25) is 4.79 Å². The van der Waals surface area contributed by atoms with Gasteiger partial charge in [0.05, 0.1) is 6.42 Å². The molecule has 0 saturated heterocycles. The number of halogens is 1. The van der Waals surface area contributed by atoms with Gasteiger partial charge in [0.2, 0.25) is 5.91 Å². The van der Waals surface area contributed by atoms with Gasteiger partial charge in [-0.2, -0.15) is 0 Å². The van der Waals surface area contributed by atoms with Gasteiger partial charge in [-0.05, 0) is 43.9 Å². The van der Waals surface area contributed by atoms with E-state index in [-0.39, 0.29) is 18.1 Å². The van der Waals surface area contributed by atoms with Crippen molar-refractivity contribution in [2.45, 2.75) is 45.4 Å². The average Bonchev–Trinajstić information content (AvgIpc) is 2.59. The van der Waals surface area contributed by atoms with Crippen LogP contribution in [0.4, 0.5) is 0 Å². The third kappa shape index (κ3) is 11.2. The maximum absolute atomic E-state index is 11.9. The van der Waals surface area contributed by atoms with Crippen LogP contribution in [0, 0.1) is 0 Å². The maximum atomic E-state index is 11.9. The van der Waals surface area contributed by atoms with Crippen LogP contribution in [-0.2, 0) is 20.7 Å². The molecule has 0 heterocycles. The third-order valence-corrected chi connectivity index (χ3v) is 4.14. The molecule has 25 heavy (non-hydrogen) atoms. The molecule has 1 rings (SSSR count). The van der Waals surface area contributed by atoms with Gasteiger partial charge >= 0.3 is 0 Å². The van der Waals surface area contributed by atoms with Crippen LogP contribution in [0.25, 0.3) is 0 Å². The van der Waals surface area contributed by atoms with E-state index in [1.54, 1.807) is 18.2 Å². The molecule has 1 aromatic carbocycles. The van der Waals surface area contributed by atoms with Crippen molar-refractivity contribution in [3.63, 3.8) is 0 Å². The minimum Gasteiger partial charge on any atom is -0.508 e. The van der Waals surface area contributed by atoms with E-state index in [1.165, 1.54) is 6.42 Å². The van der Waals surface area contributed by atoms with Crippen LogP contribution in [0.3, 0.4) is 0 Å². The zero-order valence-electron chi connectivity index (χ0n) is 15.1. The van der Waals surface area contributed by atoms with Gasteiger partial charge in [0.1, 0.15) is 5.75 Å². The number of nitrogens with one attached hydrogen (secondary N) is 1. The summed E-state index contributed by atoms with van der Waals surface area (Å²) in [7, 11) is 0. The molecule has 0 aromatic heterocycles. The van der Waals surface area contributed by atoms with Gasteiger partial charge in [0.15, 0.2) is 0 Å². The van der Waals surface area contributed by atoms with Crippen molar-refractivity contribution < 1.29 is 19.4 Å². The molecule has 5 nitrogen and oxygen atoms in total. The maximum Gasteiger partial charge on any atom is 0.224 e. The quantitative estimate of drug-likeness (QED) is 0.453. The molecule has 0 fully saturated rings. The number of amides is 1. The molecule has 1 aromatic rings. The number of carbonyl (C=O) groups excluding carboxylic acids is 1. The molecule has 0 bridgehead atoms. The summed E-state index contributed by atoms with van der Waals surface area (Å²) in [6.07, 6.45) is 5.28. The lowest BCUT2D eigenvalue weighted by Gasteiger charge is -2.08. The molecule has 6 heteroatoms. The number of hydrogen-bond acceptors (Lipinski definition) is 4. The number of aromatic hydroxyl groups is 1. The Kier molecular flexibility index (Phi) is 12.4. The monoisotopic (exact) mass is 415 g/mol. The van der Waals surface area contributed by atoms with Gasteiger partial charge in [0.25, 0.3) is 0 Å². The van der Waals surface area contributed by atoms with E-state index in [0.717, 1.165) is 50.0 Å². The number of rotatable bonds is 14. The zero-order chi connectivity index (χ0) is 18.3. The first-order valence-electron chi connectivity index (χ1n) is 9.03. The van der Waals surface area contributed by atoms with Crippen LogP contribution < -0.4 is 5.32 Å². The molecule has 0 unspecified atom stereocenters. The Morgan fingerprint density at radius 1 is 1.08 bits per heavy atom. The molecule has 2 N–H and O–H groups in total. The highest BCUT2D eigenvalue weighted by atomic mass is 79.9. The van der Waals surface area contributed by atoms with Gasteiger partial charge in [-0.1, -0.05) is 29.3 Å². The Morgan fingerprint density at radius 3 is 2.40 bits per heavy atom. The molecule has 0 atom stereocenters. The van der Waals surface area contributed by atoms with Gasteiger partial charge in [-0.15, -0.1) is 0 Å². The topological polar surface area (TPSA) is 67.8 Å². The Bertz CT molecular complexity index is 496. The minimum atomic E-state index is -0.0994. The van der Waals surface area contributed by atoms with Crippen molar-refractivity contribution >= 4 is 21.8 Å². The number of phenolic OH excluding ortho intramolecular Hbond substituents is 1. The van der Waals surface area contributed by atoms with Gasteiger partial charge < -0.3 is 19.9 Å². The van der Waals surface area contributed by atoms with Gasteiger partial charge in [0, 0.05) is 43.0 Å². The predicted molar refractivity (Wildman–Crippen MR) is 103 cm³/mol. The molecule has 1 amide bonds. The molecule has 0 aliphatic rings. The third-order valence-electron chi connectivity index (χ3n) is 3.65. The smallest absolute Gasteiger partial charge is 0.224 e. The SMILES string of the molecule is CCCCOCCCCOCCCNC(=O)Cc1cc(Br)ccc1O. The van der Waals surface area contributed by atoms with Crippen molar-refractivity contribution in [1.29, 1.82) is 0 Å². The lowest BCUT2D eigenvalue weighted by atomic mass is 10.1. The Balaban J connectivity index is 1.95. The molecule has 0 spiro atoms. The normalized spacial score (nSPS) is 10.8. The van der Waals surface area contributed by atoms with Crippen LogP contribution >= 0.6 is 15.9 Å². The fourth-order valence-electron chi connectivity index (χ4n) is 2.19. The van der Waals surface area contributed by atoms with Crippen molar-refractivity contribution in [2.75, 3.05) is 33.0 Å². The molecule has 0 aliphatic carbocycles. The molecular formula is C19H30BrNO4. The fraction of sp³-hybridized carbons (Fsp3) is 0.632. The number of hydrogen-bond donors (Lipinski definition) is 2. The van der Waals surface area contributed by atoms with E-state index in [1.807, 2.05) is 0 Å². The first-order valence-corrected chi connectivity index (χ1v) is 9.82. The van der Waals surface area contributed by atoms with E-state index >= 15 is 0 Å². The zero-order valence-corrected chi connectivity index (χ0v) is 16.6. The van der Waals surface area contributed by atoms with Crippen molar-refractivity contribution in [3.8, 4) is 5.75 Å². The number of carbonyl (C=O) groups is 1. The van der Waals surface area contributed by atoms with Crippen LogP contribution in [0.2, 0.25) is 0 Å². The minimum absolute atomic E-state index is 0.0994. The van der Waals surface area contributed by atoms with Crippen molar-refractivity contribution in [3.05, 3.63) is 28.2 Å². The van der Waals surface area contributed by atoms with E-state index in [9.17, 15) is 9.90 Å². The van der Waals surface area contributed by atoms with Crippen LogP contribution in [0.1, 0.15) is 44.6 Å². The fourth-order valence-corrected chi connectivity index (χ4v) is 2.60. The summed E-state index contributed by atoms with van der Waals surface area (Å²) < 4.78 is 11.9. The number of ether oxygens (including phenoxy) is 2. The highest BCUT2D eigenvalue weighted by Crippen LogP contribution is 2.22. The Labute approximate surface area is 159 Å². The summed E-state index contributed by atoms with van der Waals surface area (Å²) in [5.74, 6) is 0.0398. The Hall–Kier alpha value is -1.11. The second-order valence-corrected chi connectivity index (χ2v) is 6.85. The molecule has 0 aliphatic heterocycles. The lowest BCUT2D eigenvalue weighted by Crippen LogP contribution is -2.26. The van der Waals surface area contributed by atoms with Crippen molar-refractivity contribution in [1.82, 2.24) is 5.32 Å². The summed E-state index contributed by atoms with van der Waals surface area (Å²) in [6, 6.07) is 5.07. The van der Waals surface area contributed by atoms with E-state index in [0.29, 0.717) is 18.7 Å². The highest BCUT2D eigenvalue weighted by molar-refractivity contribution is 9.10. The van der Waals surface area contributed by atoms with Crippen molar-refractivity contribution in [2.24, 2.45) is 0 Å². The predicted octanol–water partition coefficient (Wildman–Crippen LogP) is 3.82. The first-order chi connectivity index (χ1) is 12.1. The number of phenols is 1. The number of unbranched alkanes of at least 4 members (excludes halogenated alkanes) is 2. The average molecular weight is 416 g/mol. The number of benzene rings is 1. The van der Waals surface area contributed by atoms with E-state index in [2.05, 4.69) is 28.2 Å². The second kappa shape index (κ2) is 14.1. The van der Waals surface area contributed by atoms with E-state index < -0.39 is 0 Å². The molecule has 142 valence electrons. The first kappa shape index (κ1) is 21.9. The molecule has 0 saturated carbocycles. The van der Waals surface area contributed by atoms with Crippen LogP contribution in [0.15, 0.2) is 22.7 Å². The highest BCUT2D eigenvalue weighted by Gasteiger charge is 2.07. The summed E-state index contributed by atoms with van der Waals surface area (Å²) in [4.78, 5) is 11.9. The lowest BCUT2D eigenvalue weighted by molar-refractivity contribution is -0.120. The van der Waals surface area contributed by atoms with E-state index in [4.69, 9.17) is 9.47 Å². The summed E-state index contributed by atoms with van der Waals surface area (Å²) in [5, 5.41) is 12.6. The largest absolute Gasteiger partial charge is 0.508 e. The second-order valence-electron chi connectivity index (χ2n) is 5.94. The summed E-state index contributed by atoms with van der Waals surface area (Å²) in [5.41, 5.74) is 0.615. The Morgan fingerprint density at radius 2 is 1.72 bits per heavy atom. The van der Waals surface area contributed by atoms with Gasteiger partial charge in [-0.25, -0.2) is 0 Å². The van der Waals surface area contributed by atoms with Crippen LogP contribution in [-0.4, -0.2) is 44.0 Å². The summed E-state index contributed by atoms with van der Waals surface area (Å²) >= 11 is 3.33. The molecular weight excluding hydrogens is 386 g/mol. The standard InChI is InChI=1S/C19H30BrNO4/c1-2-3-10-24-11-4-5-12-25-13-6-9-21-19(23)15-16-14-17(20)7-8-18(16)22/h7-8,14,22H,2-6,9-13,15H2,1H3,(H,21,23). The summed E-state index contributed by atoms with van der Waals surface area (Å²) in [6.45, 7) is 5.77.